The van der Waals surface area contributed by atoms with Gasteiger partial charge >= 0.3 is 5.97 Å². The fourth-order valence-electron chi connectivity index (χ4n) is 1.61. The van der Waals surface area contributed by atoms with Gasteiger partial charge < -0.3 is 10.4 Å². The summed E-state index contributed by atoms with van der Waals surface area (Å²) < 4.78 is 0. The van der Waals surface area contributed by atoms with Crippen LogP contribution in [0.4, 0.5) is 17.1 Å². The molecule has 0 aliphatic carbocycles. The average molecular weight is 244 g/mol. The summed E-state index contributed by atoms with van der Waals surface area (Å²) >= 11 is 0. The van der Waals surface area contributed by atoms with Crippen LogP contribution in [0.25, 0.3) is 0 Å². The van der Waals surface area contributed by atoms with Gasteiger partial charge in [0.15, 0.2) is 0 Å². The Morgan fingerprint density at radius 3 is 2.06 bits per heavy atom. The number of rotatable bonds is 4. The van der Waals surface area contributed by atoms with Crippen molar-refractivity contribution in [2.24, 2.45) is 0 Å². The van der Waals surface area contributed by atoms with Gasteiger partial charge in [-0.05, 0) is 24.3 Å². The first-order valence-electron chi connectivity index (χ1n) is 5.31. The highest BCUT2D eigenvalue weighted by atomic mass is 16.5. The molecule has 2 aromatic rings. The lowest BCUT2D eigenvalue weighted by Gasteiger charge is -2.12. The molecule has 0 unspecified atom stereocenters. The Bertz CT molecular complexity index is 570. The van der Waals surface area contributed by atoms with Crippen molar-refractivity contribution >= 4 is 23.0 Å². The third-order valence-electron chi connectivity index (χ3n) is 2.47. The molecule has 4 N–H and O–H groups in total. The first-order valence-corrected chi connectivity index (χ1v) is 5.31. The Labute approximate surface area is 104 Å². The number of benzene rings is 2. The fraction of sp³-hybridized carbons (Fsp3) is 0. The van der Waals surface area contributed by atoms with Crippen LogP contribution in [0, 0.1) is 0 Å². The zero-order chi connectivity index (χ0) is 13.0. The van der Waals surface area contributed by atoms with E-state index in [1.807, 2.05) is 0 Å². The van der Waals surface area contributed by atoms with Crippen molar-refractivity contribution in [1.82, 2.24) is 0 Å². The summed E-state index contributed by atoms with van der Waals surface area (Å²) in [5, 5.41) is 21.0. The Morgan fingerprint density at radius 1 is 0.889 bits per heavy atom. The van der Waals surface area contributed by atoms with Crippen molar-refractivity contribution in [3.05, 3.63) is 54.1 Å². The maximum atomic E-state index is 11.1. The number of nitrogens with one attached hydrogen (secondary N) is 2. The number of aromatic carboxylic acids is 1. The van der Waals surface area contributed by atoms with E-state index in [0.717, 1.165) is 0 Å². The van der Waals surface area contributed by atoms with Crippen LogP contribution in [-0.4, -0.2) is 16.3 Å². The van der Waals surface area contributed by atoms with Crippen molar-refractivity contribution in [3.63, 3.8) is 0 Å². The van der Waals surface area contributed by atoms with Crippen molar-refractivity contribution in [1.29, 1.82) is 0 Å². The van der Waals surface area contributed by atoms with Crippen molar-refractivity contribution in [2.45, 2.75) is 0 Å². The quantitative estimate of drug-likeness (QED) is 0.622. The maximum Gasteiger partial charge on any atom is 0.337 e. The number of carbonyl (C=O) groups is 1. The van der Waals surface area contributed by atoms with Crippen molar-refractivity contribution < 1.29 is 15.1 Å². The first-order chi connectivity index (χ1) is 8.72. The number of hydrogen-bond donors (Lipinski definition) is 4. The molecule has 0 radical (unpaired) electrons. The summed E-state index contributed by atoms with van der Waals surface area (Å²) in [6.07, 6.45) is 0. The van der Waals surface area contributed by atoms with E-state index in [9.17, 15) is 4.79 Å². The zero-order valence-corrected chi connectivity index (χ0v) is 9.42. The van der Waals surface area contributed by atoms with E-state index in [-0.39, 0.29) is 5.56 Å². The second-order valence-electron chi connectivity index (χ2n) is 3.63. The van der Waals surface area contributed by atoms with Gasteiger partial charge in [-0.15, -0.1) is 0 Å². The average Bonchev–Trinajstić information content (AvgIpc) is 2.40. The van der Waals surface area contributed by atoms with Gasteiger partial charge in [-0.25, -0.2) is 4.79 Å². The molecule has 0 fully saturated rings. The molecular weight excluding hydrogens is 232 g/mol. The van der Waals surface area contributed by atoms with Gasteiger partial charge in [0, 0.05) is 0 Å². The van der Waals surface area contributed by atoms with Crippen molar-refractivity contribution in [3.8, 4) is 0 Å². The molecule has 5 heteroatoms. The van der Waals surface area contributed by atoms with Gasteiger partial charge in [0.1, 0.15) is 0 Å². The van der Waals surface area contributed by atoms with Crippen LogP contribution in [-0.2, 0) is 0 Å². The Morgan fingerprint density at radius 2 is 1.44 bits per heavy atom. The molecule has 0 saturated carbocycles. The standard InChI is InChI=1S/C13H12N2O3/c16-13(17)9-5-1-2-6-10(9)14-11-7-3-4-8-12(11)15-18/h1-8,14-15,18H,(H,16,17). The number of para-hydroxylation sites is 3. The monoisotopic (exact) mass is 244 g/mol. The SMILES string of the molecule is O=C(O)c1ccccc1Nc1ccccc1NO. The van der Waals surface area contributed by atoms with E-state index in [2.05, 4.69) is 10.8 Å². The molecule has 0 aromatic heterocycles. The minimum Gasteiger partial charge on any atom is -0.478 e. The third kappa shape index (κ3) is 2.41. The second kappa shape index (κ2) is 5.20. The molecule has 2 aromatic carbocycles. The summed E-state index contributed by atoms with van der Waals surface area (Å²) in [6.45, 7) is 0. The van der Waals surface area contributed by atoms with E-state index in [0.29, 0.717) is 17.1 Å². The smallest absolute Gasteiger partial charge is 0.337 e. The Kier molecular flexibility index (Phi) is 3.45. The van der Waals surface area contributed by atoms with Crippen LogP contribution < -0.4 is 10.8 Å². The predicted octanol–water partition coefficient (Wildman–Crippen LogP) is 2.93. The highest BCUT2D eigenvalue weighted by Gasteiger charge is 2.10. The van der Waals surface area contributed by atoms with Gasteiger partial charge in [0.05, 0.1) is 22.6 Å². The summed E-state index contributed by atoms with van der Waals surface area (Å²) in [6, 6.07) is 13.5. The van der Waals surface area contributed by atoms with Crippen LogP contribution >= 0.6 is 0 Å². The lowest BCUT2D eigenvalue weighted by molar-refractivity contribution is 0.0698. The lowest BCUT2D eigenvalue weighted by Crippen LogP contribution is -2.03. The molecule has 2 rings (SSSR count). The molecule has 5 nitrogen and oxygen atoms in total. The number of carboxylic acids is 1. The summed E-state index contributed by atoms with van der Waals surface area (Å²) in [5.74, 6) is -1.01. The van der Waals surface area contributed by atoms with E-state index in [4.69, 9.17) is 10.3 Å². The molecule has 0 aliphatic rings. The summed E-state index contributed by atoms with van der Waals surface area (Å²) in [7, 11) is 0. The molecule has 92 valence electrons. The minimum absolute atomic E-state index is 0.172. The summed E-state index contributed by atoms with van der Waals surface area (Å²) in [5.41, 5.74) is 3.75. The van der Waals surface area contributed by atoms with Crippen LogP contribution in [0.5, 0.6) is 0 Å². The molecule has 0 atom stereocenters. The molecular formula is C13H12N2O3. The molecule has 0 aliphatic heterocycles. The summed E-state index contributed by atoms with van der Waals surface area (Å²) in [4.78, 5) is 11.1. The lowest BCUT2D eigenvalue weighted by atomic mass is 10.1. The Balaban J connectivity index is 2.37. The van der Waals surface area contributed by atoms with E-state index >= 15 is 0 Å². The highest BCUT2D eigenvalue weighted by Crippen LogP contribution is 2.26. The van der Waals surface area contributed by atoms with Gasteiger partial charge in [0.2, 0.25) is 0 Å². The van der Waals surface area contributed by atoms with Crippen LogP contribution in [0.15, 0.2) is 48.5 Å². The topological polar surface area (TPSA) is 81.6 Å². The molecule has 0 amide bonds. The van der Waals surface area contributed by atoms with Crippen molar-refractivity contribution in [2.75, 3.05) is 10.8 Å². The van der Waals surface area contributed by atoms with E-state index in [1.165, 1.54) is 6.07 Å². The van der Waals surface area contributed by atoms with Gasteiger partial charge in [0.25, 0.3) is 0 Å². The van der Waals surface area contributed by atoms with Crippen LogP contribution in [0.2, 0.25) is 0 Å². The minimum atomic E-state index is -1.01. The first kappa shape index (κ1) is 11.9. The normalized spacial score (nSPS) is 9.83. The molecule has 0 spiro atoms. The molecule has 18 heavy (non-hydrogen) atoms. The van der Waals surface area contributed by atoms with Gasteiger partial charge in [-0.2, -0.15) is 0 Å². The zero-order valence-electron chi connectivity index (χ0n) is 9.42. The van der Waals surface area contributed by atoms with E-state index < -0.39 is 5.97 Å². The number of hydrogen-bond acceptors (Lipinski definition) is 4. The largest absolute Gasteiger partial charge is 0.478 e. The highest BCUT2D eigenvalue weighted by molar-refractivity contribution is 5.95. The van der Waals surface area contributed by atoms with Gasteiger partial charge in [-0.3, -0.25) is 10.7 Å². The molecule has 0 heterocycles. The second-order valence-corrected chi connectivity index (χ2v) is 3.63. The van der Waals surface area contributed by atoms with Crippen LogP contribution in [0.1, 0.15) is 10.4 Å². The van der Waals surface area contributed by atoms with Gasteiger partial charge in [-0.1, -0.05) is 24.3 Å². The number of carboxylic acid groups (broad SMARTS) is 1. The number of anilines is 3. The maximum absolute atomic E-state index is 11.1. The molecule has 0 saturated heterocycles. The molecule has 0 bridgehead atoms. The third-order valence-corrected chi connectivity index (χ3v) is 2.47. The fourth-order valence-corrected chi connectivity index (χ4v) is 1.61. The van der Waals surface area contributed by atoms with E-state index in [1.54, 1.807) is 42.5 Å². The Hall–Kier alpha value is -2.53. The predicted molar refractivity (Wildman–Crippen MR) is 68.5 cm³/mol. The van der Waals surface area contributed by atoms with Crippen LogP contribution in [0.3, 0.4) is 0 Å².